The molecule has 1 saturated heterocycles. The Kier molecular flexibility index (Phi) is 5.46. The van der Waals surface area contributed by atoms with Gasteiger partial charge in [-0.1, -0.05) is 19.8 Å². The number of rotatable bonds is 6. The molecule has 16 heavy (non-hydrogen) atoms. The van der Waals surface area contributed by atoms with Crippen LogP contribution in [0.25, 0.3) is 0 Å². The van der Waals surface area contributed by atoms with E-state index in [2.05, 4.69) is 24.0 Å². The maximum absolute atomic E-state index is 5.51. The molecule has 2 aliphatic rings. The van der Waals surface area contributed by atoms with E-state index >= 15 is 0 Å². The van der Waals surface area contributed by atoms with Crippen LogP contribution in [0.3, 0.4) is 0 Å². The van der Waals surface area contributed by atoms with Crippen molar-refractivity contribution in [2.24, 2.45) is 5.92 Å². The molecule has 3 heteroatoms. The lowest BCUT2D eigenvalue weighted by Gasteiger charge is -2.24. The first kappa shape index (κ1) is 12.7. The summed E-state index contributed by atoms with van der Waals surface area (Å²) >= 11 is 2.20. The molecule has 94 valence electrons. The molecule has 2 atom stereocenters. The molecule has 1 N–H and O–H groups in total. The van der Waals surface area contributed by atoms with Gasteiger partial charge in [-0.15, -0.1) is 0 Å². The average Bonchev–Trinajstić information content (AvgIpc) is 2.96. The van der Waals surface area contributed by atoms with Gasteiger partial charge < -0.3 is 10.1 Å². The second-order valence-corrected chi connectivity index (χ2v) is 6.36. The summed E-state index contributed by atoms with van der Waals surface area (Å²) in [5.41, 5.74) is 0. The zero-order valence-electron chi connectivity index (χ0n) is 10.4. The van der Waals surface area contributed by atoms with Gasteiger partial charge in [-0.3, -0.25) is 0 Å². The second-order valence-electron chi connectivity index (χ2n) is 5.03. The van der Waals surface area contributed by atoms with E-state index in [1.54, 1.807) is 0 Å². The van der Waals surface area contributed by atoms with Crippen molar-refractivity contribution in [1.82, 2.24) is 5.32 Å². The van der Waals surface area contributed by atoms with Crippen molar-refractivity contribution in [2.75, 3.05) is 25.5 Å². The zero-order chi connectivity index (χ0) is 11.2. The Hall–Kier alpha value is 0.270. The zero-order valence-corrected chi connectivity index (χ0v) is 11.2. The van der Waals surface area contributed by atoms with Crippen LogP contribution in [0.15, 0.2) is 0 Å². The molecule has 1 aliphatic carbocycles. The van der Waals surface area contributed by atoms with E-state index < -0.39 is 0 Å². The molecule has 0 aromatic heterocycles. The molecular weight excluding hydrogens is 218 g/mol. The van der Waals surface area contributed by atoms with Gasteiger partial charge in [-0.05, 0) is 25.8 Å². The molecule has 2 unspecified atom stereocenters. The topological polar surface area (TPSA) is 21.3 Å². The van der Waals surface area contributed by atoms with Crippen LogP contribution >= 0.6 is 11.8 Å². The molecule has 0 spiro atoms. The SMILES string of the molecule is CCNC(CSC1CCCC1)C1CCOC1. The first-order chi connectivity index (χ1) is 7.90. The monoisotopic (exact) mass is 243 g/mol. The molecule has 0 bridgehead atoms. The summed E-state index contributed by atoms with van der Waals surface area (Å²) in [4.78, 5) is 0. The third kappa shape index (κ3) is 3.64. The third-order valence-electron chi connectivity index (χ3n) is 3.81. The van der Waals surface area contributed by atoms with E-state index in [1.165, 1.54) is 37.9 Å². The standard InChI is InChI=1S/C13H25NOS/c1-2-14-13(11-7-8-15-9-11)10-16-12-5-3-4-6-12/h11-14H,2-10H2,1H3. The molecule has 0 radical (unpaired) electrons. The molecule has 2 nitrogen and oxygen atoms in total. The van der Waals surface area contributed by atoms with E-state index in [9.17, 15) is 0 Å². The van der Waals surface area contributed by atoms with Crippen molar-refractivity contribution in [2.45, 2.75) is 50.3 Å². The highest BCUT2D eigenvalue weighted by molar-refractivity contribution is 7.99. The first-order valence-electron chi connectivity index (χ1n) is 6.83. The molecule has 1 saturated carbocycles. The Bertz CT molecular complexity index is 188. The van der Waals surface area contributed by atoms with Crippen LogP contribution < -0.4 is 5.32 Å². The largest absolute Gasteiger partial charge is 0.381 e. The molecular formula is C13H25NOS. The Morgan fingerprint density at radius 2 is 2.12 bits per heavy atom. The molecule has 1 heterocycles. The van der Waals surface area contributed by atoms with Crippen molar-refractivity contribution in [3.8, 4) is 0 Å². The van der Waals surface area contributed by atoms with Crippen molar-refractivity contribution >= 4 is 11.8 Å². The summed E-state index contributed by atoms with van der Waals surface area (Å²) in [6.45, 7) is 5.25. The number of thioether (sulfide) groups is 1. The van der Waals surface area contributed by atoms with Gasteiger partial charge >= 0.3 is 0 Å². The number of ether oxygens (including phenoxy) is 1. The number of nitrogens with one attached hydrogen (secondary N) is 1. The van der Waals surface area contributed by atoms with Gasteiger partial charge in [0.15, 0.2) is 0 Å². The highest BCUT2D eigenvalue weighted by Crippen LogP contribution is 2.31. The van der Waals surface area contributed by atoms with Gasteiger partial charge in [-0.2, -0.15) is 11.8 Å². The molecule has 0 aromatic carbocycles. The third-order valence-corrected chi connectivity index (χ3v) is 5.31. The molecule has 1 aliphatic heterocycles. The predicted octanol–water partition coefficient (Wildman–Crippen LogP) is 2.68. The van der Waals surface area contributed by atoms with Crippen LogP contribution in [0.4, 0.5) is 0 Å². The van der Waals surface area contributed by atoms with E-state index in [0.29, 0.717) is 6.04 Å². The van der Waals surface area contributed by atoms with Crippen LogP contribution in [-0.4, -0.2) is 36.8 Å². The van der Waals surface area contributed by atoms with Crippen LogP contribution in [-0.2, 0) is 4.74 Å². The second kappa shape index (κ2) is 6.87. The van der Waals surface area contributed by atoms with E-state index in [1.807, 2.05) is 0 Å². The summed E-state index contributed by atoms with van der Waals surface area (Å²) in [5, 5.41) is 4.60. The summed E-state index contributed by atoms with van der Waals surface area (Å²) < 4.78 is 5.51. The quantitative estimate of drug-likeness (QED) is 0.775. The van der Waals surface area contributed by atoms with Crippen molar-refractivity contribution in [3.05, 3.63) is 0 Å². The Morgan fingerprint density at radius 1 is 1.31 bits per heavy atom. The molecule has 0 amide bonds. The highest BCUT2D eigenvalue weighted by Gasteiger charge is 2.26. The maximum atomic E-state index is 5.51. The van der Waals surface area contributed by atoms with Gasteiger partial charge in [0.2, 0.25) is 0 Å². The summed E-state index contributed by atoms with van der Waals surface area (Å²) in [6, 6.07) is 0.679. The van der Waals surface area contributed by atoms with Gasteiger partial charge in [0, 0.05) is 29.6 Å². The lowest BCUT2D eigenvalue weighted by atomic mass is 10.0. The molecule has 2 rings (SSSR count). The fourth-order valence-electron chi connectivity index (χ4n) is 2.79. The number of hydrogen-bond acceptors (Lipinski definition) is 3. The smallest absolute Gasteiger partial charge is 0.0510 e. The minimum absolute atomic E-state index is 0.679. The van der Waals surface area contributed by atoms with E-state index in [4.69, 9.17) is 4.74 Å². The van der Waals surface area contributed by atoms with Crippen LogP contribution in [0.1, 0.15) is 39.0 Å². The van der Waals surface area contributed by atoms with Gasteiger partial charge in [0.25, 0.3) is 0 Å². The fraction of sp³-hybridized carbons (Fsp3) is 1.00. The van der Waals surface area contributed by atoms with E-state index in [-0.39, 0.29) is 0 Å². The normalized spacial score (nSPS) is 28.7. The summed E-state index contributed by atoms with van der Waals surface area (Å²) in [7, 11) is 0. The first-order valence-corrected chi connectivity index (χ1v) is 7.87. The van der Waals surface area contributed by atoms with Gasteiger partial charge in [-0.25, -0.2) is 0 Å². The minimum Gasteiger partial charge on any atom is -0.381 e. The lowest BCUT2D eigenvalue weighted by Crippen LogP contribution is -2.39. The van der Waals surface area contributed by atoms with Gasteiger partial charge in [0.05, 0.1) is 6.61 Å². The Balaban J connectivity index is 1.72. The molecule has 2 fully saturated rings. The fourth-order valence-corrected chi connectivity index (χ4v) is 4.32. The number of hydrogen-bond donors (Lipinski definition) is 1. The Labute approximate surface area is 104 Å². The highest BCUT2D eigenvalue weighted by atomic mass is 32.2. The predicted molar refractivity (Wildman–Crippen MR) is 71.1 cm³/mol. The van der Waals surface area contributed by atoms with E-state index in [0.717, 1.165) is 30.9 Å². The minimum atomic E-state index is 0.679. The van der Waals surface area contributed by atoms with Crippen LogP contribution in [0.2, 0.25) is 0 Å². The van der Waals surface area contributed by atoms with Crippen LogP contribution in [0.5, 0.6) is 0 Å². The van der Waals surface area contributed by atoms with Gasteiger partial charge in [0.1, 0.15) is 0 Å². The lowest BCUT2D eigenvalue weighted by molar-refractivity contribution is 0.179. The van der Waals surface area contributed by atoms with Crippen molar-refractivity contribution in [1.29, 1.82) is 0 Å². The van der Waals surface area contributed by atoms with Crippen LogP contribution in [0, 0.1) is 5.92 Å². The maximum Gasteiger partial charge on any atom is 0.0510 e. The van der Waals surface area contributed by atoms with Crippen molar-refractivity contribution < 1.29 is 4.74 Å². The Morgan fingerprint density at radius 3 is 2.75 bits per heavy atom. The summed E-state index contributed by atoms with van der Waals surface area (Å²) in [5.74, 6) is 2.04. The van der Waals surface area contributed by atoms with Crippen molar-refractivity contribution in [3.63, 3.8) is 0 Å². The average molecular weight is 243 g/mol. The summed E-state index contributed by atoms with van der Waals surface area (Å²) in [6.07, 6.45) is 7.06. The molecule has 0 aromatic rings.